The lowest BCUT2D eigenvalue weighted by atomic mass is 10.0. The van der Waals surface area contributed by atoms with Crippen LogP contribution in [0.15, 0.2) is 36.7 Å². The first-order valence-electron chi connectivity index (χ1n) is 6.56. The monoisotopic (exact) mass is 259 g/mol. The van der Waals surface area contributed by atoms with Gasteiger partial charge in [-0.1, -0.05) is 17.7 Å². The number of ether oxygens (including phenoxy) is 1. The van der Waals surface area contributed by atoms with E-state index in [-0.39, 0.29) is 6.04 Å². The lowest BCUT2D eigenvalue weighted by Crippen LogP contribution is -2.24. The summed E-state index contributed by atoms with van der Waals surface area (Å²) in [5.41, 5.74) is 2.44. The van der Waals surface area contributed by atoms with E-state index < -0.39 is 0 Å². The van der Waals surface area contributed by atoms with Crippen LogP contribution in [0.5, 0.6) is 5.75 Å². The quantitative estimate of drug-likeness (QED) is 0.866. The summed E-state index contributed by atoms with van der Waals surface area (Å²) in [7, 11) is 1.71. The van der Waals surface area contributed by atoms with Gasteiger partial charge in [-0.05, 0) is 26.0 Å². The van der Waals surface area contributed by atoms with Crippen molar-refractivity contribution in [3.8, 4) is 5.75 Å². The van der Waals surface area contributed by atoms with Gasteiger partial charge < -0.3 is 10.1 Å². The minimum atomic E-state index is 0.255. The Morgan fingerprint density at radius 2 is 2.26 bits per heavy atom. The normalized spacial score (nSPS) is 12.4. The average Bonchev–Trinajstić information content (AvgIpc) is 2.91. The van der Waals surface area contributed by atoms with Gasteiger partial charge in [-0.3, -0.25) is 4.68 Å². The van der Waals surface area contributed by atoms with Crippen LogP contribution in [0.3, 0.4) is 0 Å². The molecule has 1 N–H and O–H groups in total. The zero-order valence-corrected chi connectivity index (χ0v) is 11.8. The summed E-state index contributed by atoms with van der Waals surface area (Å²) in [6, 6.07) is 8.46. The molecule has 0 aliphatic carbocycles. The maximum Gasteiger partial charge on any atom is 0.123 e. The van der Waals surface area contributed by atoms with Crippen LogP contribution in [0, 0.1) is 6.92 Å². The average molecular weight is 259 g/mol. The maximum absolute atomic E-state index is 5.42. The summed E-state index contributed by atoms with van der Waals surface area (Å²) >= 11 is 0. The van der Waals surface area contributed by atoms with E-state index in [1.165, 1.54) is 11.1 Å². The molecule has 1 atom stereocenters. The Morgan fingerprint density at radius 1 is 1.42 bits per heavy atom. The fourth-order valence-corrected chi connectivity index (χ4v) is 2.13. The fraction of sp³-hybridized carbons (Fsp3) is 0.400. The highest BCUT2D eigenvalue weighted by atomic mass is 16.5. The molecule has 0 radical (unpaired) electrons. The van der Waals surface area contributed by atoms with E-state index in [2.05, 4.69) is 36.4 Å². The number of aromatic nitrogens is 2. The van der Waals surface area contributed by atoms with Crippen LogP contribution in [0.1, 0.15) is 24.1 Å². The molecule has 0 saturated heterocycles. The second-order valence-corrected chi connectivity index (χ2v) is 4.69. The highest BCUT2D eigenvalue weighted by Crippen LogP contribution is 2.25. The van der Waals surface area contributed by atoms with Crippen molar-refractivity contribution in [1.82, 2.24) is 15.1 Å². The van der Waals surface area contributed by atoms with Crippen molar-refractivity contribution in [2.75, 3.05) is 13.7 Å². The molecule has 4 nitrogen and oxygen atoms in total. The van der Waals surface area contributed by atoms with E-state index in [9.17, 15) is 0 Å². The third kappa shape index (κ3) is 3.58. The Kier molecular flexibility index (Phi) is 4.58. The molecular weight excluding hydrogens is 238 g/mol. The number of nitrogens with one attached hydrogen (secondary N) is 1. The van der Waals surface area contributed by atoms with Gasteiger partial charge in [-0.15, -0.1) is 0 Å². The van der Waals surface area contributed by atoms with E-state index in [0.29, 0.717) is 0 Å². The van der Waals surface area contributed by atoms with Gasteiger partial charge in [0.15, 0.2) is 0 Å². The molecule has 0 saturated carbocycles. The zero-order chi connectivity index (χ0) is 13.7. The van der Waals surface area contributed by atoms with Gasteiger partial charge in [0.25, 0.3) is 0 Å². The van der Waals surface area contributed by atoms with Gasteiger partial charge in [0.1, 0.15) is 5.75 Å². The molecule has 0 aliphatic heterocycles. The predicted molar refractivity (Wildman–Crippen MR) is 76.4 cm³/mol. The summed E-state index contributed by atoms with van der Waals surface area (Å²) < 4.78 is 7.34. The summed E-state index contributed by atoms with van der Waals surface area (Å²) in [4.78, 5) is 0. The van der Waals surface area contributed by atoms with Gasteiger partial charge in [-0.2, -0.15) is 5.10 Å². The molecule has 1 heterocycles. The highest BCUT2D eigenvalue weighted by Gasteiger charge is 2.10. The number of rotatable bonds is 6. The van der Waals surface area contributed by atoms with E-state index in [1.54, 1.807) is 13.3 Å². The number of benzene rings is 1. The number of hydrogen-bond donors (Lipinski definition) is 1. The van der Waals surface area contributed by atoms with Gasteiger partial charge >= 0.3 is 0 Å². The second kappa shape index (κ2) is 6.38. The molecule has 1 aromatic heterocycles. The van der Waals surface area contributed by atoms with Crippen LogP contribution in [0.25, 0.3) is 0 Å². The molecule has 0 bridgehead atoms. The van der Waals surface area contributed by atoms with Gasteiger partial charge in [-0.25, -0.2) is 0 Å². The minimum Gasteiger partial charge on any atom is -0.496 e. The molecule has 1 unspecified atom stereocenters. The first kappa shape index (κ1) is 13.6. The van der Waals surface area contributed by atoms with E-state index in [4.69, 9.17) is 4.74 Å². The van der Waals surface area contributed by atoms with Crippen LogP contribution < -0.4 is 10.1 Å². The van der Waals surface area contributed by atoms with Crippen molar-refractivity contribution in [2.45, 2.75) is 26.4 Å². The fourth-order valence-electron chi connectivity index (χ4n) is 2.13. The predicted octanol–water partition coefficient (Wildman–Crippen LogP) is 2.55. The van der Waals surface area contributed by atoms with Crippen molar-refractivity contribution < 1.29 is 4.74 Å². The molecule has 0 amide bonds. The second-order valence-electron chi connectivity index (χ2n) is 4.69. The van der Waals surface area contributed by atoms with Crippen molar-refractivity contribution in [3.05, 3.63) is 47.8 Å². The Labute approximate surface area is 114 Å². The highest BCUT2D eigenvalue weighted by molar-refractivity contribution is 5.38. The number of methoxy groups -OCH3 is 1. The molecule has 2 rings (SSSR count). The zero-order valence-electron chi connectivity index (χ0n) is 11.8. The molecular formula is C15H21N3O. The van der Waals surface area contributed by atoms with Crippen LogP contribution in [0.2, 0.25) is 0 Å². The molecule has 0 aliphatic rings. The van der Waals surface area contributed by atoms with Crippen molar-refractivity contribution in [3.63, 3.8) is 0 Å². The first-order chi connectivity index (χ1) is 9.20. The summed E-state index contributed by atoms with van der Waals surface area (Å²) in [6.07, 6.45) is 3.77. The molecule has 4 heteroatoms. The summed E-state index contributed by atoms with van der Waals surface area (Å²) in [5.74, 6) is 0.935. The van der Waals surface area contributed by atoms with Gasteiger partial charge in [0.2, 0.25) is 0 Å². The van der Waals surface area contributed by atoms with Crippen LogP contribution >= 0.6 is 0 Å². The maximum atomic E-state index is 5.42. The van der Waals surface area contributed by atoms with Crippen LogP contribution in [-0.4, -0.2) is 23.4 Å². The topological polar surface area (TPSA) is 39.1 Å². The third-order valence-electron chi connectivity index (χ3n) is 3.20. The SMILES string of the molecule is COc1ccc(C)cc1C(C)NCCn1cccn1. The smallest absolute Gasteiger partial charge is 0.123 e. The van der Waals surface area contributed by atoms with Crippen molar-refractivity contribution in [1.29, 1.82) is 0 Å². The number of aryl methyl sites for hydroxylation is 1. The van der Waals surface area contributed by atoms with Gasteiger partial charge in [0, 0.05) is 30.5 Å². The Hall–Kier alpha value is -1.81. The molecule has 19 heavy (non-hydrogen) atoms. The molecule has 0 fully saturated rings. The number of nitrogens with zero attached hydrogens (tertiary/aromatic N) is 2. The van der Waals surface area contributed by atoms with Crippen molar-refractivity contribution in [2.24, 2.45) is 0 Å². The summed E-state index contributed by atoms with van der Waals surface area (Å²) in [6.45, 7) is 5.99. The lowest BCUT2D eigenvalue weighted by Gasteiger charge is -2.18. The Balaban J connectivity index is 1.95. The Morgan fingerprint density at radius 3 is 2.95 bits per heavy atom. The first-order valence-corrected chi connectivity index (χ1v) is 6.56. The lowest BCUT2D eigenvalue weighted by molar-refractivity contribution is 0.400. The minimum absolute atomic E-state index is 0.255. The molecule has 0 spiro atoms. The molecule has 2 aromatic rings. The number of hydrogen-bond acceptors (Lipinski definition) is 3. The largest absolute Gasteiger partial charge is 0.496 e. The third-order valence-corrected chi connectivity index (χ3v) is 3.20. The molecule has 102 valence electrons. The Bertz CT molecular complexity index is 508. The van der Waals surface area contributed by atoms with E-state index in [1.807, 2.05) is 23.0 Å². The van der Waals surface area contributed by atoms with Crippen molar-refractivity contribution >= 4 is 0 Å². The van der Waals surface area contributed by atoms with E-state index in [0.717, 1.165) is 18.8 Å². The van der Waals surface area contributed by atoms with Crippen LogP contribution in [-0.2, 0) is 6.54 Å². The molecule has 1 aromatic carbocycles. The standard InChI is InChI=1S/C15H21N3O/c1-12-5-6-15(19-3)14(11-12)13(2)16-8-10-18-9-4-7-17-18/h4-7,9,11,13,16H,8,10H2,1-3H3. The van der Waals surface area contributed by atoms with Gasteiger partial charge in [0.05, 0.1) is 13.7 Å². The van der Waals surface area contributed by atoms with E-state index >= 15 is 0 Å². The van der Waals surface area contributed by atoms with Crippen LogP contribution in [0.4, 0.5) is 0 Å². The summed E-state index contributed by atoms with van der Waals surface area (Å²) in [5, 5.41) is 7.68.